The van der Waals surface area contributed by atoms with E-state index >= 15 is 0 Å². The summed E-state index contributed by atoms with van der Waals surface area (Å²) in [4.78, 5) is 0. The molecule has 1 aromatic carbocycles. The van der Waals surface area contributed by atoms with E-state index in [1.54, 1.807) is 0 Å². The van der Waals surface area contributed by atoms with E-state index in [0.29, 0.717) is 11.7 Å². The van der Waals surface area contributed by atoms with Crippen molar-refractivity contribution in [2.75, 3.05) is 6.86 Å². The van der Waals surface area contributed by atoms with Crippen LogP contribution in [0.4, 0.5) is 4.39 Å². The molecule has 0 saturated heterocycles. The van der Waals surface area contributed by atoms with Gasteiger partial charge in [0.1, 0.15) is 5.75 Å². The largest absolute Gasteiger partial charge is 0.463 e. The Balaban J connectivity index is 1.47. The van der Waals surface area contributed by atoms with Crippen LogP contribution in [0.3, 0.4) is 0 Å². The molecule has 2 heteroatoms. The summed E-state index contributed by atoms with van der Waals surface area (Å²) >= 11 is 0. The number of hydrogen-bond donors (Lipinski definition) is 0. The summed E-state index contributed by atoms with van der Waals surface area (Å²) in [5.74, 6) is 4.07. The summed E-state index contributed by atoms with van der Waals surface area (Å²) in [7, 11) is 0. The van der Waals surface area contributed by atoms with E-state index in [1.165, 1.54) is 56.9 Å². The molecule has 2 fully saturated rings. The first-order chi connectivity index (χ1) is 11.8. The third-order valence-electron chi connectivity index (χ3n) is 6.29. The first-order valence-electron chi connectivity index (χ1n) is 9.71. The minimum absolute atomic E-state index is 0.632. The van der Waals surface area contributed by atoms with Crippen LogP contribution in [0.2, 0.25) is 0 Å². The van der Waals surface area contributed by atoms with Gasteiger partial charge in [-0.05, 0) is 99.7 Å². The van der Waals surface area contributed by atoms with Crippen LogP contribution in [-0.2, 0) is 0 Å². The van der Waals surface area contributed by atoms with Crippen LogP contribution < -0.4 is 4.74 Å². The van der Waals surface area contributed by atoms with E-state index in [9.17, 15) is 4.39 Å². The monoisotopic (exact) mass is 330 g/mol. The highest BCUT2D eigenvalue weighted by molar-refractivity contribution is 5.29. The van der Waals surface area contributed by atoms with Gasteiger partial charge in [0, 0.05) is 0 Å². The number of halogens is 1. The van der Waals surface area contributed by atoms with E-state index in [-0.39, 0.29) is 0 Å². The van der Waals surface area contributed by atoms with Gasteiger partial charge in [-0.1, -0.05) is 24.3 Å². The van der Waals surface area contributed by atoms with Crippen molar-refractivity contribution in [2.24, 2.45) is 17.8 Å². The lowest BCUT2D eigenvalue weighted by Crippen LogP contribution is -2.25. The fourth-order valence-electron chi connectivity index (χ4n) is 4.90. The number of alkyl halides is 1. The summed E-state index contributed by atoms with van der Waals surface area (Å²) in [6.07, 6.45) is 15.7. The van der Waals surface area contributed by atoms with Crippen molar-refractivity contribution in [3.8, 4) is 5.75 Å². The highest BCUT2D eigenvalue weighted by Gasteiger charge is 2.30. The average Bonchev–Trinajstić information content (AvgIpc) is 2.64. The number of ether oxygens (including phenoxy) is 1. The Morgan fingerprint density at radius 1 is 0.917 bits per heavy atom. The van der Waals surface area contributed by atoms with Crippen molar-refractivity contribution in [2.45, 2.75) is 64.2 Å². The second-order valence-electron chi connectivity index (χ2n) is 7.63. The predicted molar refractivity (Wildman–Crippen MR) is 98.0 cm³/mol. The van der Waals surface area contributed by atoms with Crippen LogP contribution in [0.25, 0.3) is 0 Å². The van der Waals surface area contributed by atoms with Gasteiger partial charge in [0.05, 0.1) is 0 Å². The van der Waals surface area contributed by atoms with Crippen molar-refractivity contribution in [3.05, 3.63) is 42.0 Å². The van der Waals surface area contributed by atoms with Crippen molar-refractivity contribution >= 4 is 0 Å². The van der Waals surface area contributed by atoms with Crippen LogP contribution in [-0.4, -0.2) is 6.86 Å². The molecule has 24 heavy (non-hydrogen) atoms. The zero-order valence-corrected chi connectivity index (χ0v) is 14.9. The molecule has 0 unspecified atom stereocenters. The Kier molecular flexibility index (Phi) is 6.34. The molecule has 1 aromatic rings. The molecule has 2 aliphatic rings. The molecule has 3 rings (SSSR count). The fraction of sp³-hybridized carbons (Fsp3) is 0.636. The first kappa shape index (κ1) is 17.5. The van der Waals surface area contributed by atoms with Crippen LogP contribution in [0.1, 0.15) is 69.8 Å². The molecule has 0 heterocycles. The summed E-state index contributed by atoms with van der Waals surface area (Å²) in [5.41, 5.74) is 1.40. The third kappa shape index (κ3) is 4.40. The molecule has 0 aromatic heterocycles. The maximum absolute atomic E-state index is 12.2. The van der Waals surface area contributed by atoms with E-state index in [1.807, 2.05) is 12.1 Å². The predicted octanol–water partition coefficient (Wildman–Crippen LogP) is 6.65. The summed E-state index contributed by atoms with van der Waals surface area (Å²) < 4.78 is 17.1. The van der Waals surface area contributed by atoms with Gasteiger partial charge in [-0.15, -0.1) is 0 Å². The Morgan fingerprint density at radius 3 is 2.04 bits per heavy atom. The van der Waals surface area contributed by atoms with Gasteiger partial charge in [-0.3, -0.25) is 0 Å². The Bertz CT molecular complexity index is 505. The van der Waals surface area contributed by atoms with Gasteiger partial charge in [0.2, 0.25) is 6.86 Å². The molecule has 0 bridgehead atoms. The van der Waals surface area contributed by atoms with Crippen LogP contribution in [0.15, 0.2) is 36.4 Å². The van der Waals surface area contributed by atoms with Gasteiger partial charge in [-0.25, -0.2) is 4.39 Å². The molecule has 0 aliphatic heterocycles. The molecule has 1 nitrogen and oxygen atoms in total. The maximum Gasteiger partial charge on any atom is 0.228 e. The van der Waals surface area contributed by atoms with Crippen molar-refractivity contribution in [1.82, 2.24) is 0 Å². The zero-order valence-electron chi connectivity index (χ0n) is 14.9. The number of benzene rings is 1. The van der Waals surface area contributed by atoms with E-state index < -0.39 is 6.86 Å². The standard InChI is InChI=1S/C22H31FO/c1-2-3-17-4-6-18(7-5-17)19-8-10-20(11-9-19)21-12-14-22(15-13-21)24-16-23/h2-3,12-15,17-20H,4-11,16H2,1H3/b3-2+. The smallest absolute Gasteiger partial charge is 0.228 e. The number of hydrogen-bond acceptors (Lipinski definition) is 1. The van der Waals surface area contributed by atoms with Gasteiger partial charge in [0.15, 0.2) is 0 Å². The van der Waals surface area contributed by atoms with Gasteiger partial charge in [-0.2, -0.15) is 0 Å². The minimum Gasteiger partial charge on any atom is -0.463 e. The molecular weight excluding hydrogens is 299 g/mol. The molecule has 0 atom stereocenters. The molecule has 0 radical (unpaired) electrons. The number of allylic oxidation sites excluding steroid dienone is 2. The fourth-order valence-corrected chi connectivity index (χ4v) is 4.90. The van der Waals surface area contributed by atoms with Crippen LogP contribution in [0, 0.1) is 17.8 Å². The highest BCUT2D eigenvalue weighted by Crippen LogP contribution is 2.44. The molecule has 2 aliphatic carbocycles. The third-order valence-corrected chi connectivity index (χ3v) is 6.29. The zero-order chi connectivity index (χ0) is 16.8. The second-order valence-corrected chi connectivity index (χ2v) is 7.63. The van der Waals surface area contributed by atoms with Crippen LogP contribution in [0.5, 0.6) is 5.75 Å². The van der Waals surface area contributed by atoms with Crippen LogP contribution >= 0.6 is 0 Å². The second kappa shape index (κ2) is 8.69. The molecule has 132 valence electrons. The van der Waals surface area contributed by atoms with Gasteiger partial charge in [0.25, 0.3) is 0 Å². The van der Waals surface area contributed by atoms with E-state index in [2.05, 4.69) is 31.2 Å². The Morgan fingerprint density at radius 2 is 1.50 bits per heavy atom. The Hall–Kier alpha value is -1.31. The van der Waals surface area contributed by atoms with Gasteiger partial charge < -0.3 is 4.74 Å². The molecular formula is C22H31FO. The van der Waals surface area contributed by atoms with Crippen molar-refractivity contribution in [3.63, 3.8) is 0 Å². The lowest BCUT2D eigenvalue weighted by atomic mass is 9.68. The maximum atomic E-state index is 12.2. The lowest BCUT2D eigenvalue weighted by molar-refractivity contribution is 0.171. The highest BCUT2D eigenvalue weighted by atomic mass is 19.1. The van der Waals surface area contributed by atoms with E-state index in [0.717, 1.165) is 17.8 Å². The lowest BCUT2D eigenvalue weighted by Gasteiger charge is -2.37. The SMILES string of the molecule is C/C=C/C1CCC(C2CCC(c3ccc(OCF)cc3)CC2)CC1. The van der Waals surface area contributed by atoms with E-state index in [4.69, 9.17) is 4.74 Å². The summed E-state index contributed by atoms with van der Waals surface area (Å²) in [5, 5.41) is 0. The van der Waals surface area contributed by atoms with Crippen molar-refractivity contribution in [1.29, 1.82) is 0 Å². The average molecular weight is 330 g/mol. The Labute approximate surface area is 146 Å². The molecule has 0 N–H and O–H groups in total. The molecule has 0 spiro atoms. The quantitative estimate of drug-likeness (QED) is 0.549. The number of rotatable bonds is 5. The minimum atomic E-state index is -0.749. The first-order valence-corrected chi connectivity index (χ1v) is 9.71. The summed E-state index contributed by atoms with van der Waals surface area (Å²) in [6, 6.07) is 8.06. The molecule has 0 amide bonds. The van der Waals surface area contributed by atoms with Gasteiger partial charge >= 0.3 is 0 Å². The normalized spacial score (nSPS) is 31.2. The topological polar surface area (TPSA) is 9.23 Å². The van der Waals surface area contributed by atoms with Crippen molar-refractivity contribution < 1.29 is 9.13 Å². The summed E-state index contributed by atoms with van der Waals surface area (Å²) in [6.45, 7) is 1.39. The molecule has 2 saturated carbocycles.